The first-order chi connectivity index (χ1) is 9.40. The highest BCUT2D eigenvalue weighted by Crippen LogP contribution is 2.22. The fourth-order valence-corrected chi connectivity index (χ4v) is 2.55. The van der Waals surface area contributed by atoms with Crippen LogP contribution >= 0.6 is 27.5 Å². The molecule has 0 aliphatic carbocycles. The molecule has 0 radical (unpaired) electrons. The van der Waals surface area contributed by atoms with Crippen LogP contribution in [0.15, 0.2) is 22.7 Å². The lowest BCUT2D eigenvalue weighted by molar-refractivity contribution is -0.144. The van der Waals surface area contributed by atoms with Crippen molar-refractivity contribution in [3.05, 3.63) is 33.3 Å². The molecule has 110 valence electrons. The Morgan fingerprint density at radius 1 is 1.45 bits per heavy atom. The topological polar surface area (TPSA) is 55.4 Å². The molecule has 0 aromatic heterocycles. The predicted octanol–water partition coefficient (Wildman–Crippen LogP) is 3.42. The van der Waals surface area contributed by atoms with Gasteiger partial charge in [0.1, 0.15) is 6.04 Å². The average molecular weight is 363 g/mol. The van der Waals surface area contributed by atoms with E-state index in [1.54, 1.807) is 18.2 Å². The summed E-state index contributed by atoms with van der Waals surface area (Å²) >= 11 is 9.12. The number of benzene rings is 1. The van der Waals surface area contributed by atoms with E-state index in [-0.39, 0.29) is 11.8 Å². The van der Waals surface area contributed by atoms with Gasteiger partial charge in [-0.3, -0.25) is 4.79 Å². The molecule has 6 heteroatoms. The van der Waals surface area contributed by atoms with Gasteiger partial charge >= 0.3 is 5.97 Å². The number of ether oxygens (including phenoxy) is 1. The molecule has 1 rings (SSSR count). The summed E-state index contributed by atoms with van der Waals surface area (Å²) in [5.41, 5.74) is 0.423. The molecule has 0 saturated heterocycles. The number of amides is 1. The molecule has 20 heavy (non-hydrogen) atoms. The van der Waals surface area contributed by atoms with Gasteiger partial charge in [0.15, 0.2) is 0 Å². The first kappa shape index (κ1) is 17.0. The summed E-state index contributed by atoms with van der Waals surface area (Å²) < 4.78 is 5.31. The highest BCUT2D eigenvalue weighted by Gasteiger charge is 2.27. The van der Waals surface area contributed by atoms with Gasteiger partial charge in [-0.05, 0) is 40.0 Å². The highest BCUT2D eigenvalue weighted by molar-refractivity contribution is 9.10. The minimum atomic E-state index is -0.667. The first-order valence-corrected chi connectivity index (χ1v) is 7.41. The van der Waals surface area contributed by atoms with Gasteiger partial charge in [-0.15, -0.1) is 0 Å². The summed E-state index contributed by atoms with van der Waals surface area (Å²) in [5, 5.41) is 3.24. The summed E-state index contributed by atoms with van der Waals surface area (Å²) in [5.74, 6) is -0.806. The average Bonchev–Trinajstić information content (AvgIpc) is 2.42. The second-order valence-corrected chi connectivity index (χ2v) is 5.77. The number of methoxy groups -OCH3 is 1. The third-order valence-electron chi connectivity index (χ3n) is 3.13. The van der Waals surface area contributed by atoms with Crippen molar-refractivity contribution in [3.8, 4) is 0 Å². The van der Waals surface area contributed by atoms with E-state index in [2.05, 4.69) is 21.2 Å². The summed E-state index contributed by atoms with van der Waals surface area (Å²) in [7, 11) is 1.31. The van der Waals surface area contributed by atoms with Crippen LogP contribution in [0, 0.1) is 5.92 Å². The molecule has 1 aromatic carbocycles. The summed E-state index contributed by atoms with van der Waals surface area (Å²) in [4.78, 5) is 24.0. The number of halogens is 2. The number of nitrogens with one attached hydrogen (secondary N) is 1. The van der Waals surface area contributed by atoms with Crippen LogP contribution in [-0.4, -0.2) is 25.0 Å². The Morgan fingerprint density at radius 3 is 2.60 bits per heavy atom. The molecule has 0 saturated carbocycles. The summed E-state index contributed by atoms with van der Waals surface area (Å²) in [6, 6.07) is 4.19. The Kier molecular flexibility index (Phi) is 6.49. The van der Waals surface area contributed by atoms with Crippen molar-refractivity contribution in [2.24, 2.45) is 5.92 Å². The number of hydrogen-bond acceptors (Lipinski definition) is 3. The molecule has 1 N–H and O–H groups in total. The van der Waals surface area contributed by atoms with Crippen molar-refractivity contribution in [2.75, 3.05) is 7.11 Å². The van der Waals surface area contributed by atoms with E-state index < -0.39 is 12.0 Å². The quantitative estimate of drug-likeness (QED) is 0.817. The van der Waals surface area contributed by atoms with Crippen molar-refractivity contribution < 1.29 is 14.3 Å². The van der Waals surface area contributed by atoms with E-state index in [0.717, 1.165) is 6.42 Å². The fraction of sp³-hybridized carbons (Fsp3) is 0.429. The summed E-state index contributed by atoms with van der Waals surface area (Å²) in [6.07, 6.45) is 0.752. The maximum absolute atomic E-state index is 12.2. The zero-order chi connectivity index (χ0) is 15.3. The lowest BCUT2D eigenvalue weighted by atomic mass is 9.99. The third-order valence-corrected chi connectivity index (χ3v) is 4.02. The minimum absolute atomic E-state index is 0.0162. The Balaban J connectivity index is 2.93. The normalized spacial score (nSPS) is 13.4. The molecule has 0 heterocycles. The van der Waals surface area contributed by atoms with Crippen LogP contribution in [0.3, 0.4) is 0 Å². The van der Waals surface area contributed by atoms with Crippen LogP contribution in [0.1, 0.15) is 30.6 Å². The monoisotopic (exact) mass is 361 g/mol. The molecule has 2 unspecified atom stereocenters. The second kappa shape index (κ2) is 7.64. The van der Waals surface area contributed by atoms with E-state index in [4.69, 9.17) is 16.3 Å². The summed E-state index contributed by atoms with van der Waals surface area (Å²) in [6.45, 7) is 3.84. The SMILES string of the molecule is CCC(C)C(NC(=O)c1ccc(Cl)cc1Br)C(=O)OC. The highest BCUT2D eigenvalue weighted by atomic mass is 79.9. The number of esters is 1. The van der Waals surface area contributed by atoms with Crippen LogP contribution in [0.4, 0.5) is 0 Å². The van der Waals surface area contributed by atoms with Gasteiger partial charge in [-0.1, -0.05) is 31.9 Å². The Hall–Kier alpha value is -1.07. The van der Waals surface area contributed by atoms with Gasteiger partial charge < -0.3 is 10.1 Å². The van der Waals surface area contributed by atoms with Gasteiger partial charge in [0, 0.05) is 9.50 Å². The molecular formula is C14H17BrClNO3. The van der Waals surface area contributed by atoms with Gasteiger partial charge in [0.25, 0.3) is 5.91 Å². The number of rotatable bonds is 5. The molecule has 1 amide bonds. The second-order valence-electron chi connectivity index (χ2n) is 4.48. The minimum Gasteiger partial charge on any atom is -0.467 e. The molecule has 1 aromatic rings. The lowest BCUT2D eigenvalue weighted by Gasteiger charge is -2.22. The lowest BCUT2D eigenvalue weighted by Crippen LogP contribution is -2.45. The van der Waals surface area contributed by atoms with Gasteiger partial charge in [-0.25, -0.2) is 4.79 Å². The van der Waals surface area contributed by atoms with Gasteiger partial charge in [-0.2, -0.15) is 0 Å². The molecule has 0 spiro atoms. The van der Waals surface area contributed by atoms with Gasteiger partial charge in [0.2, 0.25) is 0 Å². The van der Waals surface area contributed by atoms with E-state index in [1.807, 2.05) is 13.8 Å². The number of carbonyl (C=O) groups is 2. The smallest absolute Gasteiger partial charge is 0.328 e. The predicted molar refractivity (Wildman–Crippen MR) is 81.9 cm³/mol. The number of carbonyl (C=O) groups excluding carboxylic acids is 2. The fourth-order valence-electron chi connectivity index (χ4n) is 1.69. The van der Waals surface area contributed by atoms with Crippen LogP contribution < -0.4 is 5.32 Å². The van der Waals surface area contributed by atoms with Crippen LogP contribution in [-0.2, 0) is 9.53 Å². The van der Waals surface area contributed by atoms with Crippen LogP contribution in [0.25, 0.3) is 0 Å². The molecule has 0 aliphatic heterocycles. The van der Waals surface area contributed by atoms with E-state index >= 15 is 0 Å². The van der Waals surface area contributed by atoms with Crippen LogP contribution in [0.5, 0.6) is 0 Å². The van der Waals surface area contributed by atoms with E-state index in [0.29, 0.717) is 15.1 Å². The van der Waals surface area contributed by atoms with Crippen LogP contribution in [0.2, 0.25) is 5.02 Å². The zero-order valence-corrected chi connectivity index (χ0v) is 13.9. The molecule has 0 aliphatic rings. The van der Waals surface area contributed by atoms with E-state index in [1.165, 1.54) is 7.11 Å². The largest absolute Gasteiger partial charge is 0.467 e. The molecule has 2 atom stereocenters. The molecule has 4 nitrogen and oxygen atoms in total. The zero-order valence-electron chi connectivity index (χ0n) is 11.6. The van der Waals surface area contributed by atoms with Crippen molar-refractivity contribution in [2.45, 2.75) is 26.3 Å². The first-order valence-electron chi connectivity index (χ1n) is 6.24. The van der Waals surface area contributed by atoms with E-state index in [9.17, 15) is 9.59 Å². The standard InChI is InChI=1S/C14H17BrClNO3/c1-4-8(2)12(14(19)20-3)17-13(18)10-6-5-9(16)7-11(10)15/h5-8,12H,4H2,1-3H3,(H,17,18). The molecular weight excluding hydrogens is 346 g/mol. The molecule has 0 bridgehead atoms. The maximum Gasteiger partial charge on any atom is 0.328 e. The molecule has 0 fully saturated rings. The Morgan fingerprint density at radius 2 is 2.10 bits per heavy atom. The van der Waals surface area contributed by atoms with Crippen molar-refractivity contribution in [3.63, 3.8) is 0 Å². The Labute approximate surface area is 132 Å². The van der Waals surface area contributed by atoms with Gasteiger partial charge in [0.05, 0.1) is 12.7 Å². The van der Waals surface area contributed by atoms with Crippen molar-refractivity contribution in [1.82, 2.24) is 5.32 Å². The van der Waals surface area contributed by atoms with Crippen molar-refractivity contribution >= 4 is 39.4 Å². The Bertz CT molecular complexity index is 507. The maximum atomic E-state index is 12.2. The van der Waals surface area contributed by atoms with Crippen molar-refractivity contribution in [1.29, 1.82) is 0 Å². The third kappa shape index (κ3) is 4.21. The number of hydrogen-bond donors (Lipinski definition) is 1.